The first kappa shape index (κ1) is 16.3. The van der Waals surface area contributed by atoms with Gasteiger partial charge in [-0.15, -0.1) is 0 Å². The average Bonchev–Trinajstić information content (AvgIpc) is 2.75. The monoisotopic (exact) mass is 393 g/mol. The number of esters is 4. The summed E-state index contributed by atoms with van der Waals surface area (Å²) in [7, 11) is 0. The minimum absolute atomic E-state index is 0.800. The Morgan fingerprint density at radius 3 is 2.19 bits per heavy atom. The smallest absolute Gasteiger partial charge is 0.303 e. The van der Waals surface area contributed by atoms with Gasteiger partial charge in [-0.2, -0.15) is 0 Å². The van der Waals surface area contributed by atoms with Gasteiger partial charge in [-0.05, 0) is 10.6 Å². The van der Waals surface area contributed by atoms with E-state index < -0.39 is 88.4 Å². The van der Waals surface area contributed by atoms with Crippen LogP contribution in [0.3, 0.4) is 0 Å². The molecule has 0 aromatic rings. The summed E-state index contributed by atoms with van der Waals surface area (Å²) in [6.07, 6.45) is -7.57. The van der Waals surface area contributed by atoms with Crippen molar-refractivity contribution >= 4 is 23.9 Å². The van der Waals surface area contributed by atoms with Gasteiger partial charge in [0.2, 0.25) is 6.10 Å². The second kappa shape index (κ2) is 9.16. The van der Waals surface area contributed by atoms with Crippen molar-refractivity contribution in [2.24, 2.45) is 5.11 Å². The first-order valence-corrected chi connectivity index (χ1v) is 7.03. The Balaban J connectivity index is 3.49. The van der Waals surface area contributed by atoms with Crippen LogP contribution in [0.2, 0.25) is 0 Å². The fourth-order valence-corrected chi connectivity index (χ4v) is 2.26. The highest BCUT2D eigenvalue weighted by Crippen LogP contribution is 2.35. The molecule has 150 valence electrons. The standard InChI is InChI=1S/C14H19N3O10/c1-6(18)23-5-10-11(24-7(2)19)12(25-8(3)20)13(26-9(4)21)14(22,27-10)16-17-15/h10-13,22H,5H2,1-4H3/t10-,11-,12+,13+,14?/m1/s1/i1D,2D,3D,4D. The van der Waals surface area contributed by atoms with Crippen LogP contribution in [0, 0.1) is 0 Å². The van der Waals surface area contributed by atoms with Crippen LogP contribution in [0.5, 0.6) is 0 Å². The molecule has 0 spiro atoms. The first-order valence-electron chi connectivity index (χ1n) is 9.86. The Morgan fingerprint density at radius 2 is 1.63 bits per heavy atom. The molecule has 1 rings (SSSR count). The lowest BCUT2D eigenvalue weighted by molar-refractivity contribution is -0.349. The first-order chi connectivity index (χ1) is 14.6. The molecule has 1 aliphatic rings. The molecule has 1 fully saturated rings. The van der Waals surface area contributed by atoms with E-state index in [1.165, 1.54) is 0 Å². The van der Waals surface area contributed by atoms with Crippen molar-refractivity contribution < 1.29 is 53.5 Å². The number of carbonyl (C=O) groups excluding carboxylic acids is 4. The SMILES string of the molecule is [2H]CC(=O)OC[C@H]1OC(O)(N=[N+]=[N-])[C@@H](OC(=O)C[2H])[C@@H](OC(=O)C[2H])[C@@H]1OC(=O)C[2H]. The third-order valence-corrected chi connectivity index (χ3v) is 3.07. The summed E-state index contributed by atoms with van der Waals surface area (Å²) in [6, 6.07) is 0. The average molecular weight is 393 g/mol. The zero-order valence-electron chi connectivity index (χ0n) is 17.8. The highest BCUT2D eigenvalue weighted by Gasteiger charge is 2.59. The Labute approximate surface area is 158 Å². The molecule has 0 aliphatic carbocycles. The summed E-state index contributed by atoms with van der Waals surface area (Å²) >= 11 is 0. The molecule has 0 aromatic carbocycles. The summed E-state index contributed by atoms with van der Waals surface area (Å²) in [5.41, 5.74) is 8.78. The zero-order chi connectivity index (χ0) is 23.6. The van der Waals surface area contributed by atoms with Crippen LogP contribution >= 0.6 is 0 Å². The summed E-state index contributed by atoms with van der Waals surface area (Å²) in [6.45, 7) is -4.43. The van der Waals surface area contributed by atoms with E-state index in [-0.39, 0.29) is 0 Å². The molecule has 0 amide bonds. The molecular weight excluding hydrogens is 370 g/mol. The number of rotatable bonds is 6. The minimum Gasteiger partial charge on any atom is -0.463 e. The summed E-state index contributed by atoms with van der Waals surface area (Å²) < 4.78 is 52.8. The van der Waals surface area contributed by atoms with Gasteiger partial charge in [-0.3, -0.25) is 19.2 Å². The maximum absolute atomic E-state index is 11.8. The van der Waals surface area contributed by atoms with Crippen LogP contribution in [0.25, 0.3) is 10.4 Å². The number of hydrogen-bond donors (Lipinski definition) is 1. The molecule has 1 unspecified atom stereocenters. The van der Waals surface area contributed by atoms with Gasteiger partial charge in [0.1, 0.15) is 12.7 Å². The highest BCUT2D eigenvalue weighted by atomic mass is 16.7. The Hall–Kier alpha value is -2.89. The highest BCUT2D eigenvalue weighted by molar-refractivity contribution is 5.68. The van der Waals surface area contributed by atoms with Gasteiger partial charge in [0, 0.05) is 38.0 Å². The van der Waals surface area contributed by atoms with E-state index in [0.717, 1.165) is 0 Å². The van der Waals surface area contributed by atoms with E-state index in [9.17, 15) is 24.3 Å². The number of aliphatic hydroxyl groups is 1. The lowest BCUT2D eigenvalue weighted by atomic mass is 9.95. The van der Waals surface area contributed by atoms with Crippen LogP contribution < -0.4 is 0 Å². The van der Waals surface area contributed by atoms with E-state index in [4.69, 9.17) is 34.7 Å². The predicted molar refractivity (Wildman–Crippen MR) is 82.3 cm³/mol. The number of hydrogen-bond acceptors (Lipinski definition) is 11. The van der Waals surface area contributed by atoms with E-state index in [1.54, 1.807) is 0 Å². The summed E-state index contributed by atoms with van der Waals surface area (Å²) in [5, 5.41) is 13.6. The quantitative estimate of drug-likeness (QED) is 0.206. The zero-order valence-corrected chi connectivity index (χ0v) is 13.8. The van der Waals surface area contributed by atoms with E-state index in [2.05, 4.69) is 10.0 Å². The van der Waals surface area contributed by atoms with Gasteiger partial charge in [-0.25, -0.2) is 0 Å². The van der Waals surface area contributed by atoms with Gasteiger partial charge in [0.05, 0.1) is 0 Å². The molecule has 5 atom stereocenters. The van der Waals surface area contributed by atoms with Crippen molar-refractivity contribution in [3.63, 3.8) is 0 Å². The van der Waals surface area contributed by atoms with Crippen molar-refractivity contribution in [2.45, 2.75) is 57.9 Å². The third kappa shape index (κ3) is 6.09. The number of ether oxygens (including phenoxy) is 5. The van der Waals surface area contributed by atoms with Gasteiger partial charge >= 0.3 is 23.9 Å². The van der Waals surface area contributed by atoms with Crippen LogP contribution in [-0.2, 0) is 42.9 Å². The van der Waals surface area contributed by atoms with Crippen molar-refractivity contribution in [2.75, 3.05) is 6.61 Å². The molecule has 1 saturated heterocycles. The van der Waals surface area contributed by atoms with Crippen molar-refractivity contribution in [3.8, 4) is 0 Å². The fourth-order valence-electron chi connectivity index (χ4n) is 2.26. The van der Waals surface area contributed by atoms with Gasteiger partial charge in [-0.1, -0.05) is 0 Å². The molecule has 0 radical (unpaired) electrons. The number of azide groups is 1. The van der Waals surface area contributed by atoms with E-state index >= 15 is 0 Å². The molecule has 0 aromatic heterocycles. The lowest BCUT2D eigenvalue weighted by Gasteiger charge is -2.46. The second-order valence-electron chi connectivity index (χ2n) is 5.01. The van der Waals surface area contributed by atoms with Gasteiger partial charge in [0.15, 0.2) is 12.2 Å². The Morgan fingerprint density at radius 1 is 1.07 bits per heavy atom. The molecule has 1 aliphatic heterocycles. The third-order valence-electron chi connectivity index (χ3n) is 3.07. The Bertz CT molecular complexity index is 737. The predicted octanol–water partition coefficient (Wildman–Crippen LogP) is -0.300. The minimum atomic E-state index is -3.07. The lowest BCUT2D eigenvalue weighted by Crippen LogP contribution is -2.67. The molecular formula is C14H19N3O10. The second-order valence-corrected chi connectivity index (χ2v) is 5.01. The van der Waals surface area contributed by atoms with E-state index in [0.29, 0.717) is 0 Å². The van der Waals surface area contributed by atoms with Gasteiger partial charge in [0.25, 0.3) is 5.91 Å². The topological polar surface area (TPSA) is 183 Å². The molecule has 13 heteroatoms. The normalized spacial score (nSPS) is 31.6. The van der Waals surface area contributed by atoms with Crippen LogP contribution in [-0.4, -0.2) is 65.9 Å². The van der Waals surface area contributed by atoms with Crippen molar-refractivity contribution in [1.82, 2.24) is 0 Å². The molecule has 27 heavy (non-hydrogen) atoms. The molecule has 0 saturated carbocycles. The van der Waals surface area contributed by atoms with Crippen molar-refractivity contribution in [3.05, 3.63) is 10.4 Å². The number of nitrogens with zero attached hydrogens (tertiary/aromatic N) is 3. The van der Waals surface area contributed by atoms with Crippen LogP contribution in [0.15, 0.2) is 5.11 Å². The maximum atomic E-state index is 11.8. The molecule has 0 bridgehead atoms. The van der Waals surface area contributed by atoms with Crippen LogP contribution in [0.4, 0.5) is 0 Å². The van der Waals surface area contributed by atoms with Gasteiger partial charge < -0.3 is 28.8 Å². The van der Waals surface area contributed by atoms with E-state index in [1.807, 2.05) is 0 Å². The maximum Gasteiger partial charge on any atom is 0.303 e. The number of carbonyl (C=O) groups is 4. The fraction of sp³-hybridized carbons (Fsp3) is 0.714. The summed E-state index contributed by atoms with van der Waals surface area (Å²) in [5.74, 6) is -7.83. The molecule has 13 nitrogen and oxygen atoms in total. The molecule has 1 heterocycles. The molecule has 1 N–H and O–H groups in total. The van der Waals surface area contributed by atoms with Crippen molar-refractivity contribution in [1.29, 1.82) is 0 Å². The Kier molecular flexibility index (Phi) is 5.53. The summed E-state index contributed by atoms with van der Waals surface area (Å²) in [4.78, 5) is 48.9. The largest absolute Gasteiger partial charge is 0.463 e. The van der Waals surface area contributed by atoms with Crippen LogP contribution in [0.1, 0.15) is 33.1 Å².